The van der Waals surface area contributed by atoms with Crippen LogP contribution < -0.4 is 5.32 Å². The van der Waals surface area contributed by atoms with E-state index in [0.717, 1.165) is 25.4 Å². The van der Waals surface area contributed by atoms with Gasteiger partial charge in [-0.2, -0.15) is 0 Å². The highest BCUT2D eigenvalue weighted by molar-refractivity contribution is 5.88. The molecule has 1 fully saturated rings. The number of hydrogen-bond acceptors (Lipinski definition) is 4. The molecule has 2 aliphatic rings. The van der Waals surface area contributed by atoms with E-state index in [9.17, 15) is 0 Å². The van der Waals surface area contributed by atoms with Crippen molar-refractivity contribution in [2.24, 2.45) is 10.4 Å². The van der Waals surface area contributed by atoms with Crippen LogP contribution in [-0.2, 0) is 9.47 Å². The zero-order valence-corrected chi connectivity index (χ0v) is 11.2. The van der Waals surface area contributed by atoms with Gasteiger partial charge in [0, 0.05) is 12.0 Å². The lowest BCUT2D eigenvalue weighted by molar-refractivity contribution is -0.164. The van der Waals surface area contributed by atoms with E-state index in [1.165, 1.54) is 12.8 Å². The van der Waals surface area contributed by atoms with Crippen molar-refractivity contribution in [1.29, 1.82) is 0 Å². The van der Waals surface area contributed by atoms with E-state index in [4.69, 9.17) is 9.47 Å². The van der Waals surface area contributed by atoms with Gasteiger partial charge in [-0.1, -0.05) is 20.8 Å². The molecule has 1 N–H and O–H groups in total. The maximum atomic E-state index is 5.77. The van der Waals surface area contributed by atoms with E-state index >= 15 is 0 Å². The number of rotatable bonds is 3. The fourth-order valence-electron chi connectivity index (χ4n) is 2.10. The van der Waals surface area contributed by atoms with Gasteiger partial charge in [0.15, 0.2) is 6.29 Å². The van der Waals surface area contributed by atoms with Gasteiger partial charge in [-0.25, -0.2) is 0 Å². The van der Waals surface area contributed by atoms with Gasteiger partial charge in [-0.15, -0.1) is 0 Å². The van der Waals surface area contributed by atoms with Crippen molar-refractivity contribution in [3.63, 3.8) is 0 Å². The molecule has 0 aliphatic carbocycles. The van der Waals surface area contributed by atoms with E-state index in [1.54, 1.807) is 0 Å². The molecule has 0 aromatic rings. The van der Waals surface area contributed by atoms with E-state index in [1.807, 2.05) is 0 Å². The Kier molecular flexibility index (Phi) is 4.05. The first-order valence-corrected chi connectivity index (χ1v) is 6.60. The summed E-state index contributed by atoms with van der Waals surface area (Å²) in [6.07, 6.45) is 3.41. The minimum absolute atomic E-state index is 0.00392. The van der Waals surface area contributed by atoms with Gasteiger partial charge in [0.05, 0.1) is 19.2 Å². The quantitative estimate of drug-likeness (QED) is 0.820. The van der Waals surface area contributed by atoms with Crippen molar-refractivity contribution >= 4 is 5.84 Å². The minimum Gasteiger partial charge on any atom is -0.366 e. The molecule has 1 unspecified atom stereocenters. The lowest BCUT2D eigenvalue weighted by Crippen LogP contribution is -2.40. The highest BCUT2D eigenvalue weighted by Crippen LogP contribution is 2.19. The second-order valence-corrected chi connectivity index (χ2v) is 5.91. The highest BCUT2D eigenvalue weighted by Gasteiger charge is 2.27. The lowest BCUT2D eigenvalue weighted by atomic mass is 9.95. The van der Waals surface area contributed by atoms with Gasteiger partial charge in [0.25, 0.3) is 0 Å². The van der Waals surface area contributed by atoms with Crippen LogP contribution in [0.5, 0.6) is 0 Å². The fourth-order valence-corrected chi connectivity index (χ4v) is 2.10. The Morgan fingerprint density at radius 3 is 2.82 bits per heavy atom. The monoisotopic (exact) mass is 240 g/mol. The normalized spacial score (nSPS) is 29.9. The van der Waals surface area contributed by atoms with Gasteiger partial charge in [-0.3, -0.25) is 4.99 Å². The van der Waals surface area contributed by atoms with E-state index in [2.05, 4.69) is 31.1 Å². The summed E-state index contributed by atoms with van der Waals surface area (Å²) in [4.78, 5) is 4.54. The number of amidine groups is 1. The molecule has 0 radical (unpaired) electrons. The molecule has 17 heavy (non-hydrogen) atoms. The van der Waals surface area contributed by atoms with Gasteiger partial charge >= 0.3 is 0 Å². The smallest absolute Gasteiger partial charge is 0.157 e. The van der Waals surface area contributed by atoms with Crippen LogP contribution in [0.25, 0.3) is 0 Å². The largest absolute Gasteiger partial charge is 0.366 e. The molecule has 0 aromatic carbocycles. The number of hydrogen-bond donors (Lipinski definition) is 1. The maximum absolute atomic E-state index is 5.77. The summed E-state index contributed by atoms with van der Waals surface area (Å²) in [5, 5.41) is 3.44. The van der Waals surface area contributed by atoms with Crippen LogP contribution in [0.1, 0.15) is 40.0 Å². The molecule has 2 heterocycles. The first kappa shape index (κ1) is 12.8. The lowest BCUT2D eigenvalue weighted by Gasteiger charge is -2.25. The molecule has 2 atom stereocenters. The molecule has 0 amide bonds. The Balaban J connectivity index is 1.69. The molecule has 0 saturated carbocycles. The van der Waals surface area contributed by atoms with Crippen LogP contribution in [0.15, 0.2) is 4.99 Å². The van der Waals surface area contributed by atoms with Crippen molar-refractivity contribution < 1.29 is 9.47 Å². The van der Waals surface area contributed by atoms with Gasteiger partial charge in [0.1, 0.15) is 5.84 Å². The van der Waals surface area contributed by atoms with Crippen LogP contribution in [0.3, 0.4) is 0 Å². The first-order chi connectivity index (χ1) is 8.05. The van der Waals surface area contributed by atoms with Crippen molar-refractivity contribution in [2.75, 3.05) is 19.8 Å². The summed E-state index contributed by atoms with van der Waals surface area (Å²) in [6.45, 7) is 8.87. The average Bonchev–Trinajstić information content (AvgIpc) is 2.76. The average molecular weight is 240 g/mol. The molecule has 2 rings (SSSR count). The molecule has 0 bridgehead atoms. The van der Waals surface area contributed by atoms with Crippen LogP contribution in [-0.4, -0.2) is 37.9 Å². The summed E-state index contributed by atoms with van der Waals surface area (Å²) in [6, 6.07) is 0.315. The Morgan fingerprint density at radius 1 is 1.41 bits per heavy atom. The van der Waals surface area contributed by atoms with Crippen LogP contribution >= 0.6 is 0 Å². The molecular formula is C13H24N2O2. The molecule has 4 heteroatoms. The Bertz CT molecular complexity index is 278. The third-order valence-electron chi connectivity index (χ3n) is 3.14. The zero-order valence-electron chi connectivity index (χ0n) is 11.2. The number of nitrogens with zero attached hydrogens (tertiary/aromatic N) is 1. The fraction of sp³-hybridized carbons (Fsp3) is 0.923. The van der Waals surface area contributed by atoms with Crippen LogP contribution in [0.4, 0.5) is 0 Å². The third kappa shape index (κ3) is 3.68. The van der Waals surface area contributed by atoms with E-state index < -0.39 is 0 Å². The second-order valence-electron chi connectivity index (χ2n) is 5.91. The predicted molar refractivity (Wildman–Crippen MR) is 68.2 cm³/mol. The van der Waals surface area contributed by atoms with Crippen molar-refractivity contribution in [2.45, 2.75) is 52.4 Å². The summed E-state index contributed by atoms with van der Waals surface area (Å²) in [5.74, 6) is 1.09. The standard InChI is InChI=1S/C13H24N2O2/c1-13(2,3)12-14-8-10(15-12)9-17-11-6-4-5-7-16-11/h10-11H,4-9H2,1-3H3,(H,14,15)/t10-,11?/m1/s1. The molecule has 98 valence electrons. The van der Waals surface area contributed by atoms with E-state index in [0.29, 0.717) is 12.6 Å². The summed E-state index contributed by atoms with van der Waals surface area (Å²) in [7, 11) is 0. The van der Waals surface area contributed by atoms with Gasteiger partial charge < -0.3 is 14.8 Å². The minimum atomic E-state index is 0.00392. The Hall–Kier alpha value is -0.610. The summed E-state index contributed by atoms with van der Waals surface area (Å²) < 4.78 is 11.3. The predicted octanol–water partition coefficient (Wildman–Crippen LogP) is 1.95. The SMILES string of the molecule is CC(C)(C)C1=NC[C@H](COC2CCCCO2)N1. The summed E-state index contributed by atoms with van der Waals surface area (Å²) >= 11 is 0. The van der Waals surface area contributed by atoms with Crippen molar-refractivity contribution in [1.82, 2.24) is 5.32 Å². The molecule has 4 nitrogen and oxygen atoms in total. The summed E-state index contributed by atoms with van der Waals surface area (Å²) in [5.41, 5.74) is 0.107. The Morgan fingerprint density at radius 2 is 2.24 bits per heavy atom. The zero-order chi connectivity index (χ0) is 12.3. The van der Waals surface area contributed by atoms with E-state index in [-0.39, 0.29) is 11.7 Å². The number of nitrogens with one attached hydrogen (secondary N) is 1. The first-order valence-electron chi connectivity index (χ1n) is 6.60. The second kappa shape index (κ2) is 5.36. The molecule has 1 saturated heterocycles. The molecule has 2 aliphatic heterocycles. The highest BCUT2D eigenvalue weighted by atomic mass is 16.7. The Labute approximate surface area is 104 Å². The van der Waals surface area contributed by atoms with Crippen LogP contribution in [0.2, 0.25) is 0 Å². The van der Waals surface area contributed by atoms with Crippen LogP contribution in [0, 0.1) is 5.41 Å². The van der Waals surface area contributed by atoms with Crippen molar-refractivity contribution in [3.05, 3.63) is 0 Å². The van der Waals surface area contributed by atoms with Gasteiger partial charge in [0.2, 0.25) is 0 Å². The number of ether oxygens (including phenoxy) is 2. The molecular weight excluding hydrogens is 216 g/mol. The van der Waals surface area contributed by atoms with Crippen molar-refractivity contribution in [3.8, 4) is 0 Å². The third-order valence-corrected chi connectivity index (χ3v) is 3.14. The molecule has 0 aromatic heterocycles. The molecule has 0 spiro atoms. The topological polar surface area (TPSA) is 42.9 Å². The number of aliphatic imine (C=N–C) groups is 1. The maximum Gasteiger partial charge on any atom is 0.157 e. The van der Waals surface area contributed by atoms with Gasteiger partial charge in [-0.05, 0) is 19.3 Å².